The van der Waals surface area contributed by atoms with Crippen LogP contribution in [0.5, 0.6) is 0 Å². The molecule has 0 radical (unpaired) electrons. The van der Waals surface area contributed by atoms with Crippen molar-refractivity contribution in [2.24, 2.45) is 0 Å². The molecule has 7 heteroatoms. The van der Waals surface area contributed by atoms with Crippen LogP contribution < -0.4 is 5.73 Å². The van der Waals surface area contributed by atoms with E-state index in [1.165, 1.54) is 24.4 Å². The molecular weight excluding hydrogens is 264 g/mol. The molecule has 1 aromatic carbocycles. The number of nitrogens with two attached hydrogens (primary N) is 1. The molecule has 5 nitrogen and oxygen atoms in total. The molecule has 0 unspecified atom stereocenters. The van der Waals surface area contributed by atoms with Crippen molar-refractivity contribution in [3.63, 3.8) is 0 Å². The fraction of sp³-hybridized carbons (Fsp3) is 0.100. The summed E-state index contributed by atoms with van der Waals surface area (Å²) in [4.78, 5) is 0.164. The standard InChI is InChI=1S/C10H9ClN2O3S/c1-17(14,15)6-2-3-9(11)7(4-6)8-5-13-16-10(8)12/h2-5H,12H2,1H3. The molecule has 1 heterocycles. The van der Waals surface area contributed by atoms with Crippen LogP contribution in [0.2, 0.25) is 5.02 Å². The minimum Gasteiger partial charge on any atom is -0.367 e. The van der Waals surface area contributed by atoms with E-state index in [1.54, 1.807) is 0 Å². The molecule has 0 bridgehead atoms. The maximum absolute atomic E-state index is 11.4. The highest BCUT2D eigenvalue weighted by Gasteiger charge is 2.15. The average molecular weight is 273 g/mol. The summed E-state index contributed by atoms with van der Waals surface area (Å²) in [7, 11) is -3.30. The van der Waals surface area contributed by atoms with E-state index >= 15 is 0 Å². The molecule has 0 aliphatic rings. The summed E-state index contributed by atoms with van der Waals surface area (Å²) in [5.41, 5.74) is 6.52. The average Bonchev–Trinajstić information content (AvgIpc) is 2.63. The van der Waals surface area contributed by atoms with Crippen LogP contribution in [0.1, 0.15) is 0 Å². The number of hydrogen-bond acceptors (Lipinski definition) is 5. The third kappa shape index (κ3) is 2.27. The number of nitrogens with zero attached hydrogens (tertiary/aromatic N) is 1. The first-order chi connectivity index (χ1) is 7.89. The van der Waals surface area contributed by atoms with Gasteiger partial charge < -0.3 is 10.3 Å². The molecule has 0 amide bonds. The van der Waals surface area contributed by atoms with E-state index in [0.717, 1.165) is 6.26 Å². The molecule has 90 valence electrons. The third-order valence-electron chi connectivity index (χ3n) is 2.25. The van der Waals surface area contributed by atoms with Crippen molar-refractivity contribution < 1.29 is 12.9 Å². The van der Waals surface area contributed by atoms with Gasteiger partial charge in [-0.25, -0.2) is 8.42 Å². The van der Waals surface area contributed by atoms with Crippen LogP contribution in [0.3, 0.4) is 0 Å². The fourth-order valence-electron chi connectivity index (χ4n) is 1.39. The number of hydrogen-bond donors (Lipinski definition) is 1. The number of aromatic nitrogens is 1. The number of sulfone groups is 1. The summed E-state index contributed by atoms with van der Waals surface area (Å²) >= 11 is 5.99. The monoisotopic (exact) mass is 272 g/mol. The molecule has 1 aromatic heterocycles. The van der Waals surface area contributed by atoms with Crippen LogP contribution in [0.4, 0.5) is 5.88 Å². The number of anilines is 1. The zero-order valence-electron chi connectivity index (χ0n) is 8.84. The van der Waals surface area contributed by atoms with Crippen molar-refractivity contribution in [3.8, 4) is 11.1 Å². The van der Waals surface area contributed by atoms with Gasteiger partial charge >= 0.3 is 0 Å². The summed E-state index contributed by atoms with van der Waals surface area (Å²) in [6, 6.07) is 4.38. The minimum atomic E-state index is -3.30. The van der Waals surface area contributed by atoms with Crippen molar-refractivity contribution in [2.75, 3.05) is 12.0 Å². The number of halogens is 1. The zero-order chi connectivity index (χ0) is 12.6. The van der Waals surface area contributed by atoms with Crippen molar-refractivity contribution in [3.05, 3.63) is 29.4 Å². The maximum Gasteiger partial charge on any atom is 0.230 e. The molecule has 0 saturated heterocycles. The summed E-state index contributed by atoms with van der Waals surface area (Å²) in [6.45, 7) is 0. The van der Waals surface area contributed by atoms with Gasteiger partial charge in [0, 0.05) is 16.8 Å². The van der Waals surface area contributed by atoms with Gasteiger partial charge in [0.05, 0.1) is 16.7 Å². The summed E-state index contributed by atoms with van der Waals surface area (Å²) in [5, 5.41) is 3.90. The van der Waals surface area contributed by atoms with E-state index < -0.39 is 9.84 Å². The van der Waals surface area contributed by atoms with Gasteiger partial charge in [-0.05, 0) is 18.2 Å². The van der Waals surface area contributed by atoms with E-state index in [-0.39, 0.29) is 10.8 Å². The van der Waals surface area contributed by atoms with Gasteiger partial charge in [0.25, 0.3) is 0 Å². The van der Waals surface area contributed by atoms with Gasteiger partial charge in [-0.3, -0.25) is 0 Å². The third-order valence-corrected chi connectivity index (χ3v) is 3.69. The second-order valence-electron chi connectivity index (χ2n) is 3.52. The van der Waals surface area contributed by atoms with Gasteiger partial charge in [-0.1, -0.05) is 16.8 Å². The Balaban J connectivity index is 2.67. The second kappa shape index (κ2) is 4.05. The molecule has 0 atom stereocenters. The first kappa shape index (κ1) is 11.9. The van der Waals surface area contributed by atoms with E-state index in [4.69, 9.17) is 21.9 Å². The van der Waals surface area contributed by atoms with Crippen LogP contribution in [-0.4, -0.2) is 19.8 Å². The van der Waals surface area contributed by atoms with Gasteiger partial charge in [0.1, 0.15) is 0 Å². The molecule has 2 rings (SSSR count). The van der Waals surface area contributed by atoms with Crippen molar-refractivity contribution >= 4 is 27.3 Å². The predicted octanol–water partition coefficient (Wildman–Crippen LogP) is 1.98. The molecule has 0 aliphatic heterocycles. The van der Waals surface area contributed by atoms with Crippen LogP contribution in [0, 0.1) is 0 Å². The number of nitrogen functional groups attached to an aromatic ring is 1. The SMILES string of the molecule is CS(=O)(=O)c1ccc(Cl)c(-c2cnoc2N)c1. The lowest BCUT2D eigenvalue weighted by Crippen LogP contribution is -1.97. The lowest BCUT2D eigenvalue weighted by Gasteiger charge is -2.04. The molecule has 0 fully saturated rings. The Morgan fingerprint density at radius 3 is 2.59 bits per heavy atom. The molecule has 0 saturated carbocycles. The summed E-state index contributed by atoms with van der Waals surface area (Å²) < 4.78 is 27.6. The Morgan fingerprint density at radius 1 is 1.35 bits per heavy atom. The molecule has 0 spiro atoms. The van der Waals surface area contributed by atoms with Crippen molar-refractivity contribution in [1.29, 1.82) is 0 Å². The Labute approximate surface area is 103 Å². The number of benzene rings is 1. The smallest absolute Gasteiger partial charge is 0.230 e. The van der Waals surface area contributed by atoms with Gasteiger partial charge in [-0.15, -0.1) is 0 Å². The highest BCUT2D eigenvalue weighted by atomic mass is 35.5. The highest BCUT2D eigenvalue weighted by Crippen LogP contribution is 2.33. The largest absolute Gasteiger partial charge is 0.367 e. The Morgan fingerprint density at radius 2 is 2.06 bits per heavy atom. The van der Waals surface area contributed by atoms with Crippen LogP contribution in [-0.2, 0) is 9.84 Å². The lowest BCUT2D eigenvalue weighted by molar-refractivity contribution is 0.436. The van der Waals surface area contributed by atoms with Gasteiger partial charge in [0.2, 0.25) is 5.88 Å². The van der Waals surface area contributed by atoms with E-state index in [1.807, 2.05) is 0 Å². The predicted molar refractivity (Wildman–Crippen MR) is 64.5 cm³/mol. The normalized spacial score (nSPS) is 11.6. The molecule has 0 aliphatic carbocycles. The quantitative estimate of drug-likeness (QED) is 0.903. The van der Waals surface area contributed by atoms with Crippen LogP contribution in [0.15, 0.2) is 33.8 Å². The van der Waals surface area contributed by atoms with Crippen molar-refractivity contribution in [2.45, 2.75) is 4.90 Å². The van der Waals surface area contributed by atoms with Crippen molar-refractivity contribution in [1.82, 2.24) is 5.16 Å². The van der Waals surface area contributed by atoms with E-state index in [9.17, 15) is 8.42 Å². The van der Waals surface area contributed by atoms with Gasteiger partial charge in [-0.2, -0.15) is 0 Å². The number of rotatable bonds is 2. The zero-order valence-corrected chi connectivity index (χ0v) is 10.4. The lowest BCUT2D eigenvalue weighted by atomic mass is 10.1. The Bertz CT molecular complexity index is 664. The molecule has 17 heavy (non-hydrogen) atoms. The Kier molecular flexibility index (Phi) is 2.84. The first-order valence-electron chi connectivity index (χ1n) is 4.59. The summed E-state index contributed by atoms with van der Waals surface area (Å²) in [5.74, 6) is 0.0950. The highest BCUT2D eigenvalue weighted by molar-refractivity contribution is 7.90. The maximum atomic E-state index is 11.4. The van der Waals surface area contributed by atoms with Crippen LogP contribution in [0.25, 0.3) is 11.1 Å². The Hall–Kier alpha value is -1.53. The molecule has 2 N–H and O–H groups in total. The molecular formula is C10H9ClN2O3S. The second-order valence-corrected chi connectivity index (χ2v) is 5.94. The fourth-order valence-corrected chi connectivity index (χ4v) is 2.26. The molecule has 2 aromatic rings. The summed E-state index contributed by atoms with van der Waals surface area (Å²) in [6.07, 6.45) is 2.51. The van der Waals surface area contributed by atoms with E-state index in [2.05, 4.69) is 5.16 Å². The van der Waals surface area contributed by atoms with Crippen LogP contribution >= 0.6 is 11.6 Å². The van der Waals surface area contributed by atoms with E-state index in [0.29, 0.717) is 16.1 Å². The minimum absolute atomic E-state index is 0.0950. The topological polar surface area (TPSA) is 86.2 Å². The van der Waals surface area contributed by atoms with Gasteiger partial charge in [0.15, 0.2) is 9.84 Å². The first-order valence-corrected chi connectivity index (χ1v) is 6.86.